The van der Waals surface area contributed by atoms with Crippen LogP contribution >= 0.6 is 0 Å². The molecule has 0 radical (unpaired) electrons. The number of hydrogen-bond donors (Lipinski definition) is 1. The fraction of sp³-hybridized carbons (Fsp3) is 0.429. The average Bonchev–Trinajstić information content (AvgIpc) is 2.68. The number of benzene rings is 1. The van der Waals surface area contributed by atoms with Gasteiger partial charge in [-0.15, -0.1) is 0 Å². The molecule has 142 valence electrons. The van der Waals surface area contributed by atoms with Crippen molar-refractivity contribution in [3.05, 3.63) is 45.9 Å². The van der Waals surface area contributed by atoms with Crippen LogP contribution in [0.25, 0.3) is 11.1 Å². The fourth-order valence-corrected chi connectivity index (χ4v) is 3.45. The molecule has 1 N–H and O–H groups in total. The Hall–Kier alpha value is -2.78. The Morgan fingerprint density at radius 2 is 1.96 bits per heavy atom. The first-order chi connectivity index (χ1) is 13.1. The topological polar surface area (TPSA) is 78.3 Å². The smallest absolute Gasteiger partial charge is 0.266 e. The third-order valence-corrected chi connectivity index (χ3v) is 4.87. The molecule has 0 bridgehead atoms. The number of hydrogen-bond acceptors (Lipinski definition) is 5. The van der Waals surface area contributed by atoms with Gasteiger partial charge in [0.1, 0.15) is 18.2 Å². The van der Waals surface area contributed by atoms with Crippen LogP contribution in [-0.4, -0.2) is 43.2 Å². The van der Waals surface area contributed by atoms with E-state index in [4.69, 9.17) is 9.47 Å². The van der Waals surface area contributed by atoms with Crippen molar-refractivity contribution >= 4 is 0 Å². The molecule has 1 aliphatic rings. The third-order valence-electron chi connectivity index (χ3n) is 4.87. The lowest BCUT2D eigenvalue weighted by atomic mass is 10.0. The molecule has 1 saturated heterocycles. The van der Waals surface area contributed by atoms with Gasteiger partial charge in [0.2, 0.25) is 0 Å². The van der Waals surface area contributed by atoms with Crippen molar-refractivity contribution in [3.63, 3.8) is 0 Å². The van der Waals surface area contributed by atoms with Gasteiger partial charge in [-0.25, -0.2) is 0 Å². The lowest BCUT2D eigenvalue weighted by Crippen LogP contribution is -2.33. The monoisotopic (exact) mass is 367 g/mol. The Bertz CT molecular complexity index is 893. The molecule has 1 aromatic heterocycles. The van der Waals surface area contributed by atoms with E-state index < -0.39 is 0 Å². The molecule has 0 saturated carbocycles. The number of nitrogens with one attached hydrogen (secondary N) is 1. The number of aromatic amines is 1. The van der Waals surface area contributed by atoms with Crippen LogP contribution in [0.3, 0.4) is 0 Å². The summed E-state index contributed by atoms with van der Waals surface area (Å²) in [4.78, 5) is 17.1. The molecular formula is C21H25N3O3. The van der Waals surface area contributed by atoms with Gasteiger partial charge in [-0.05, 0) is 56.6 Å². The molecular weight excluding hydrogens is 342 g/mol. The molecule has 0 unspecified atom stereocenters. The number of ether oxygens (including phenoxy) is 2. The van der Waals surface area contributed by atoms with Gasteiger partial charge in [-0.3, -0.25) is 9.69 Å². The van der Waals surface area contributed by atoms with Crippen LogP contribution in [0.5, 0.6) is 11.5 Å². The van der Waals surface area contributed by atoms with E-state index in [0.29, 0.717) is 29.4 Å². The summed E-state index contributed by atoms with van der Waals surface area (Å²) in [7, 11) is 1.59. The molecule has 27 heavy (non-hydrogen) atoms. The molecule has 0 spiro atoms. The van der Waals surface area contributed by atoms with E-state index in [9.17, 15) is 10.1 Å². The molecule has 3 rings (SSSR count). The summed E-state index contributed by atoms with van der Waals surface area (Å²) in [5.41, 5.74) is 1.77. The van der Waals surface area contributed by atoms with Crippen molar-refractivity contribution in [2.24, 2.45) is 0 Å². The second-order valence-electron chi connectivity index (χ2n) is 6.80. The zero-order valence-electron chi connectivity index (χ0n) is 15.9. The summed E-state index contributed by atoms with van der Waals surface area (Å²) < 4.78 is 11.4. The number of rotatable bonds is 6. The molecule has 0 atom stereocenters. The SMILES string of the molecule is COc1cc(-c2cc(C)[nH]c(=O)c2C#N)ccc1OCCN1CCCCC1. The lowest BCUT2D eigenvalue weighted by molar-refractivity contribution is 0.180. The summed E-state index contributed by atoms with van der Waals surface area (Å²) in [6.45, 7) is 5.57. The van der Waals surface area contributed by atoms with Crippen molar-refractivity contribution in [2.45, 2.75) is 26.2 Å². The van der Waals surface area contributed by atoms with E-state index in [1.54, 1.807) is 20.1 Å². The summed E-state index contributed by atoms with van der Waals surface area (Å²) >= 11 is 0. The molecule has 0 aliphatic carbocycles. The largest absolute Gasteiger partial charge is 0.493 e. The Morgan fingerprint density at radius 3 is 2.67 bits per heavy atom. The molecule has 6 nitrogen and oxygen atoms in total. The second-order valence-corrected chi connectivity index (χ2v) is 6.80. The van der Waals surface area contributed by atoms with Gasteiger partial charge in [0.15, 0.2) is 11.5 Å². The van der Waals surface area contributed by atoms with Gasteiger partial charge in [-0.2, -0.15) is 5.26 Å². The Kier molecular flexibility index (Phi) is 6.15. The van der Waals surface area contributed by atoms with Gasteiger partial charge in [0.05, 0.1) is 7.11 Å². The van der Waals surface area contributed by atoms with Crippen molar-refractivity contribution in [2.75, 3.05) is 33.4 Å². The Labute approximate surface area is 159 Å². The van der Waals surface area contributed by atoms with Crippen molar-refractivity contribution in [1.29, 1.82) is 5.26 Å². The predicted octanol–water partition coefficient (Wildman–Crippen LogP) is 3.10. The predicted molar refractivity (Wildman–Crippen MR) is 104 cm³/mol. The van der Waals surface area contributed by atoms with Crippen LogP contribution in [0.4, 0.5) is 0 Å². The van der Waals surface area contributed by atoms with Crippen molar-refractivity contribution in [3.8, 4) is 28.7 Å². The van der Waals surface area contributed by atoms with Gasteiger partial charge in [0.25, 0.3) is 5.56 Å². The number of aryl methyl sites for hydroxylation is 1. The highest BCUT2D eigenvalue weighted by molar-refractivity contribution is 5.72. The van der Waals surface area contributed by atoms with Crippen molar-refractivity contribution in [1.82, 2.24) is 9.88 Å². The zero-order chi connectivity index (χ0) is 19.2. The minimum atomic E-state index is -0.381. The maximum absolute atomic E-state index is 12.0. The highest BCUT2D eigenvalue weighted by atomic mass is 16.5. The minimum absolute atomic E-state index is 0.0985. The van der Waals surface area contributed by atoms with E-state index in [1.165, 1.54) is 19.3 Å². The molecule has 1 aliphatic heterocycles. The van der Waals surface area contributed by atoms with Crippen LogP contribution in [0.15, 0.2) is 29.1 Å². The number of likely N-dealkylation sites (tertiary alicyclic amines) is 1. The fourth-order valence-electron chi connectivity index (χ4n) is 3.45. The molecule has 1 fully saturated rings. The number of H-pyrrole nitrogens is 1. The first-order valence-corrected chi connectivity index (χ1v) is 9.30. The molecule has 6 heteroatoms. The number of aromatic nitrogens is 1. The van der Waals surface area contributed by atoms with E-state index in [-0.39, 0.29) is 11.1 Å². The first-order valence-electron chi connectivity index (χ1n) is 9.30. The first kappa shape index (κ1) is 19.0. The Morgan fingerprint density at radius 1 is 1.19 bits per heavy atom. The summed E-state index contributed by atoms with van der Waals surface area (Å²) in [6.07, 6.45) is 3.84. The highest BCUT2D eigenvalue weighted by Crippen LogP contribution is 2.33. The number of nitriles is 1. The number of methoxy groups -OCH3 is 1. The minimum Gasteiger partial charge on any atom is -0.493 e. The van der Waals surface area contributed by atoms with Gasteiger partial charge in [-0.1, -0.05) is 12.5 Å². The highest BCUT2D eigenvalue weighted by Gasteiger charge is 2.14. The van der Waals surface area contributed by atoms with E-state index in [2.05, 4.69) is 9.88 Å². The molecule has 2 heterocycles. The quantitative estimate of drug-likeness (QED) is 0.849. The van der Waals surface area contributed by atoms with Gasteiger partial charge in [0, 0.05) is 17.8 Å². The van der Waals surface area contributed by atoms with Crippen molar-refractivity contribution < 1.29 is 9.47 Å². The van der Waals surface area contributed by atoms with Crippen LogP contribution in [0.1, 0.15) is 30.5 Å². The van der Waals surface area contributed by atoms with Gasteiger partial charge >= 0.3 is 0 Å². The van der Waals surface area contributed by atoms with E-state index in [1.807, 2.05) is 24.3 Å². The standard InChI is InChI=1S/C21H25N3O3/c1-15-12-17(18(14-22)21(25)23-15)16-6-7-19(20(13-16)26-2)27-11-10-24-8-4-3-5-9-24/h6-7,12-13H,3-5,8-11H2,1-2H3,(H,23,25). The Balaban J connectivity index is 1.78. The van der Waals surface area contributed by atoms with Crippen LogP contribution in [0, 0.1) is 18.3 Å². The summed E-state index contributed by atoms with van der Waals surface area (Å²) in [5.74, 6) is 1.26. The maximum Gasteiger partial charge on any atom is 0.266 e. The number of pyridine rings is 1. The summed E-state index contributed by atoms with van der Waals surface area (Å²) in [5, 5.41) is 9.34. The zero-order valence-corrected chi connectivity index (χ0v) is 15.9. The molecule has 2 aromatic rings. The normalized spacial score (nSPS) is 14.6. The third kappa shape index (κ3) is 4.50. The second kappa shape index (κ2) is 8.74. The molecule has 0 amide bonds. The van der Waals surface area contributed by atoms with E-state index >= 15 is 0 Å². The molecule has 1 aromatic carbocycles. The van der Waals surface area contributed by atoms with E-state index in [0.717, 1.165) is 25.2 Å². The summed E-state index contributed by atoms with van der Waals surface area (Å²) in [6, 6.07) is 9.29. The number of nitrogens with zero attached hydrogens (tertiary/aromatic N) is 2. The van der Waals surface area contributed by atoms with Gasteiger partial charge < -0.3 is 14.5 Å². The van der Waals surface area contributed by atoms with Crippen LogP contribution < -0.4 is 15.0 Å². The average molecular weight is 367 g/mol. The maximum atomic E-state index is 12.0. The van der Waals surface area contributed by atoms with Crippen LogP contribution in [-0.2, 0) is 0 Å². The van der Waals surface area contributed by atoms with Crippen LogP contribution in [0.2, 0.25) is 0 Å². The lowest BCUT2D eigenvalue weighted by Gasteiger charge is -2.26. The number of piperidine rings is 1.